The Labute approximate surface area is 87.6 Å². The molecular formula is C8H7BrN4O. The summed E-state index contributed by atoms with van der Waals surface area (Å²) in [6.07, 6.45) is 0. The number of carbonyl (C=O) groups is 1. The third-order valence-electron chi connectivity index (χ3n) is 1.88. The van der Waals surface area contributed by atoms with Crippen molar-refractivity contribution in [3.63, 3.8) is 0 Å². The van der Waals surface area contributed by atoms with E-state index in [2.05, 4.69) is 25.9 Å². The van der Waals surface area contributed by atoms with Gasteiger partial charge in [-0.2, -0.15) is 0 Å². The summed E-state index contributed by atoms with van der Waals surface area (Å²) in [5.74, 6) is -0.249. The van der Waals surface area contributed by atoms with Crippen LogP contribution < -0.4 is 11.5 Å². The lowest BCUT2D eigenvalue weighted by Crippen LogP contribution is -2.11. The highest BCUT2D eigenvalue weighted by Gasteiger charge is 2.12. The summed E-state index contributed by atoms with van der Waals surface area (Å²) in [5, 5.41) is 0. The maximum Gasteiger partial charge on any atom is 0.250 e. The molecule has 1 aromatic heterocycles. The van der Waals surface area contributed by atoms with Gasteiger partial charge in [0, 0.05) is 4.47 Å². The number of rotatable bonds is 1. The summed E-state index contributed by atoms with van der Waals surface area (Å²) in [6, 6.07) is 3.33. The second-order valence-electron chi connectivity index (χ2n) is 2.80. The van der Waals surface area contributed by atoms with Crippen LogP contribution in [0.2, 0.25) is 0 Å². The van der Waals surface area contributed by atoms with Crippen LogP contribution in [-0.2, 0) is 0 Å². The van der Waals surface area contributed by atoms with Crippen molar-refractivity contribution in [1.29, 1.82) is 0 Å². The lowest BCUT2D eigenvalue weighted by molar-refractivity contribution is 0.100. The molecule has 0 bridgehead atoms. The molecule has 0 fully saturated rings. The second kappa shape index (κ2) is 2.98. The first-order chi connectivity index (χ1) is 6.59. The van der Waals surface area contributed by atoms with Gasteiger partial charge in [0.2, 0.25) is 0 Å². The fourth-order valence-electron chi connectivity index (χ4n) is 1.28. The minimum absolute atomic E-state index is 0.259. The van der Waals surface area contributed by atoms with Crippen LogP contribution >= 0.6 is 15.9 Å². The lowest BCUT2D eigenvalue weighted by Gasteiger charge is -1.97. The van der Waals surface area contributed by atoms with Crippen LogP contribution in [-0.4, -0.2) is 15.9 Å². The lowest BCUT2D eigenvalue weighted by atomic mass is 10.2. The first-order valence-corrected chi connectivity index (χ1v) is 4.62. The molecule has 0 spiro atoms. The van der Waals surface area contributed by atoms with Gasteiger partial charge >= 0.3 is 0 Å². The van der Waals surface area contributed by atoms with E-state index in [1.807, 2.05) is 0 Å². The van der Waals surface area contributed by atoms with Gasteiger partial charge in [0.1, 0.15) is 5.52 Å². The van der Waals surface area contributed by atoms with Crippen molar-refractivity contribution >= 4 is 38.8 Å². The highest BCUT2D eigenvalue weighted by molar-refractivity contribution is 9.10. The zero-order valence-corrected chi connectivity index (χ0v) is 8.63. The van der Waals surface area contributed by atoms with E-state index in [-0.39, 0.29) is 5.95 Å². The fourth-order valence-corrected chi connectivity index (χ4v) is 1.70. The SMILES string of the molecule is NC(=O)c1ccc(Br)c2nc(N)[nH]c12. The molecule has 0 unspecified atom stereocenters. The molecule has 72 valence electrons. The van der Waals surface area contributed by atoms with E-state index in [1.54, 1.807) is 12.1 Å². The van der Waals surface area contributed by atoms with Crippen LogP contribution in [0.1, 0.15) is 10.4 Å². The summed E-state index contributed by atoms with van der Waals surface area (Å²) in [5.41, 5.74) is 12.2. The Bertz CT molecular complexity index is 519. The number of aromatic amines is 1. The van der Waals surface area contributed by atoms with E-state index < -0.39 is 5.91 Å². The van der Waals surface area contributed by atoms with Crippen molar-refractivity contribution in [3.8, 4) is 0 Å². The number of carbonyl (C=O) groups excluding carboxylic acids is 1. The molecule has 0 aliphatic rings. The van der Waals surface area contributed by atoms with Gasteiger partial charge in [-0.25, -0.2) is 4.98 Å². The topological polar surface area (TPSA) is 97.8 Å². The van der Waals surface area contributed by atoms with Crippen molar-refractivity contribution in [2.75, 3.05) is 5.73 Å². The smallest absolute Gasteiger partial charge is 0.250 e. The average molecular weight is 255 g/mol. The summed E-state index contributed by atoms with van der Waals surface area (Å²) < 4.78 is 0.769. The molecule has 5 nitrogen and oxygen atoms in total. The van der Waals surface area contributed by atoms with Gasteiger partial charge in [0.15, 0.2) is 5.95 Å². The molecule has 1 aromatic carbocycles. The van der Waals surface area contributed by atoms with Crippen LogP contribution in [0.25, 0.3) is 11.0 Å². The number of amides is 1. The number of fused-ring (bicyclic) bond motifs is 1. The Morgan fingerprint density at radius 2 is 2.21 bits per heavy atom. The molecule has 0 saturated carbocycles. The van der Waals surface area contributed by atoms with E-state index >= 15 is 0 Å². The Morgan fingerprint density at radius 1 is 1.50 bits per heavy atom. The normalized spacial score (nSPS) is 10.6. The highest BCUT2D eigenvalue weighted by Crippen LogP contribution is 2.25. The van der Waals surface area contributed by atoms with Crippen LogP contribution in [0.4, 0.5) is 5.95 Å². The summed E-state index contributed by atoms with van der Waals surface area (Å²) in [4.78, 5) is 17.9. The number of halogens is 1. The van der Waals surface area contributed by atoms with Gasteiger partial charge in [-0.05, 0) is 28.1 Å². The third kappa shape index (κ3) is 1.24. The van der Waals surface area contributed by atoms with Gasteiger partial charge in [-0.3, -0.25) is 4.79 Å². The highest BCUT2D eigenvalue weighted by atomic mass is 79.9. The zero-order valence-electron chi connectivity index (χ0n) is 7.04. The van der Waals surface area contributed by atoms with Gasteiger partial charge in [0.25, 0.3) is 5.91 Å². The van der Waals surface area contributed by atoms with Crippen molar-refractivity contribution in [3.05, 3.63) is 22.2 Å². The predicted octanol–water partition coefficient (Wildman–Crippen LogP) is 1.01. The molecule has 0 saturated heterocycles. The zero-order chi connectivity index (χ0) is 10.3. The van der Waals surface area contributed by atoms with Crippen molar-refractivity contribution in [2.45, 2.75) is 0 Å². The third-order valence-corrected chi connectivity index (χ3v) is 2.52. The fraction of sp³-hybridized carbons (Fsp3) is 0. The van der Waals surface area contributed by atoms with Crippen molar-refractivity contribution < 1.29 is 4.79 Å². The Hall–Kier alpha value is -1.56. The minimum atomic E-state index is -0.508. The van der Waals surface area contributed by atoms with E-state index in [1.165, 1.54) is 0 Å². The molecule has 6 heteroatoms. The quantitative estimate of drug-likeness (QED) is 0.709. The Morgan fingerprint density at radius 3 is 2.86 bits per heavy atom. The maximum atomic E-state index is 11.1. The summed E-state index contributed by atoms with van der Waals surface area (Å²) in [7, 11) is 0. The number of nitrogen functional groups attached to an aromatic ring is 1. The standard InChI is InChI=1S/C8H7BrN4O/c9-4-2-1-3(7(10)14)5-6(4)13-8(11)12-5/h1-2H,(H2,10,14)(H3,11,12,13). The predicted molar refractivity (Wildman–Crippen MR) is 56.7 cm³/mol. The van der Waals surface area contributed by atoms with E-state index in [4.69, 9.17) is 11.5 Å². The molecule has 14 heavy (non-hydrogen) atoms. The van der Waals surface area contributed by atoms with Crippen LogP contribution in [0, 0.1) is 0 Å². The molecule has 0 radical (unpaired) electrons. The van der Waals surface area contributed by atoms with Gasteiger partial charge in [0.05, 0.1) is 11.1 Å². The number of anilines is 1. The number of nitrogens with two attached hydrogens (primary N) is 2. The molecule has 0 aliphatic carbocycles. The van der Waals surface area contributed by atoms with Crippen molar-refractivity contribution in [2.24, 2.45) is 5.73 Å². The molecular weight excluding hydrogens is 248 g/mol. The van der Waals surface area contributed by atoms with E-state index in [0.29, 0.717) is 16.6 Å². The molecule has 2 rings (SSSR count). The molecule has 1 heterocycles. The second-order valence-corrected chi connectivity index (χ2v) is 3.66. The first-order valence-electron chi connectivity index (χ1n) is 3.83. The van der Waals surface area contributed by atoms with Crippen LogP contribution in [0.15, 0.2) is 16.6 Å². The maximum absolute atomic E-state index is 11.1. The van der Waals surface area contributed by atoms with Gasteiger partial charge in [-0.1, -0.05) is 0 Å². The van der Waals surface area contributed by atoms with Crippen LogP contribution in [0.5, 0.6) is 0 Å². The van der Waals surface area contributed by atoms with Crippen molar-refractivity contribution in [1.82, 2.24) is 9.97 Å². The monoisotopic (exact) mass is 254 g/mol. The molecule has 2 aromatic rings. The van der Waals surface area contributed by atoms with Gasteiger partial charge < -0.3 is 16.5 Å². The number of hydrogen-bond acceptors (Lipinski definition) is 3. The minimum Gasteiger partial charge on any atom is -0.369 e. The Balaban J connectivity index is 2.87. The largest absolute Gasteiger partial charge is 0.369 e. The summed E-state index contributed by atoms with van der Waals surface area (Å²) in [6.45, 7) is 0. The number of nitrogens with zero attached hydrogens (tertiary/aromatic N) is 1. The number of primary amides is 1. The summed E-state index contributed by atoms with van der Waals surface area (Å²) >= 11 is 3.30. The Kier molecular flexibility index (Phi) is 1.92. The number of benzene rings is 1. The molecule has 0 atom stereocenters. The number of imidazole rings is 1. The van der Waals surface area contributed by atoms with E-state index in [9.17, 15) is 4.79 Å². The number of hydrogen-bond donors (Lipinski definition) is 3. The number of nitrogens with one attached hydrogen (secondary N) is 1. The molecule has 1 amide bonds. The van der Waals surface area contributed by atoms with Gasteiger partial charge in [-0.15, -0.1) is 0 Å². The molecule has 5 N–H and O–H groups in total. The van der Waals surface area contributed by atoms with Crippen LogP contribution in [0.3, 0.4) is 0 Å². The first kappa shape index (κ1) is 9.01. The molecule has 0 aliphatic heterocycles. The average Bonchev–Trinajstić information content (AvgIpc) is 2.47. The van der Waals surface area contributed by atoms with E-state index in [0.717, 1.165) is 4.47 Å². The number of H-pyrrole nitrogens is 1. The number of aromatic nitrogens is 2.